The first-order chi connectivity index (χ1) is 10.9. The molecule has 128 valence electrons. The number of hydrogen-bond donors (Lipinski definition) is 2. The van der Waals surface area contributed by atoms with Crippen LogP contribution in [0.5, 0.6) is 0 Å². The Morgan fingerprint density at radius 3 is 2.74 bits per heavy atom. The van der Waals surface area contributed by atoms with Gasteiger partial charge in [0.05, 0.1) is 0 Å². The molecule has 0 radical (unpaired) electrons. The molecule has 2 rings (SSSR count). The number of carbonyl (C=O) groups is 1. The second-order valence-corrected chi connectivity index (χ2v) is 7.24. The third kappa shape index (κ3) is 6.57. The van der Waals surface area contributed by atoms with Crippen molar-refractivity contribution in [3.63, 3.8) is 0 Å². The lowest BCUT2D eigenvalue weighted by molar-refractivity contribution is 0.0517. The molecule has 0 spiro atoms. The van der Waals surface area contributed by atoms with Crippen LogP contribution < -0.4 is 10.6 Å². The standard InChI is InChI=1S/C18H29N3O2/c1-18(2,3)23-17(22)21-13-15-5-4-6-16(15)20-12-9-14-7-10-19-11-8-14/h7-8,10-11,15-16,20H,4-6,9,12-13H2,1-3H3,(H,21,22). The SMILES string of the molecule is CC(C)(C)OC(=O)NCC1CCCC1NCCc1ccncc1. The smallest absolute Gasteiger partial charge is 0.407 e. The Kier molecular flexibility index (Phi) is 6.39. The highest BCUT2D eigenvalue weighted by atomic mass is 16.6. The summed E-state index contributed by atoms with van der Waals surface area (Å²) >= 11 is 0. The molecule has 1 aliphatic carbocycles. The maximum atomic E-state index is 11.8. The summed E-state index contributed by atoms with van der Waals surface area (Å²) in [4.78, 5) is 15.8. The zero-order valence-electron chi connectivity index (χ0n) is 14.5. The lowest BCUT2D eigenvalue weighted by Gasteiger charge is -2.23. The van der Waals surface area contributed by atoms with Crippen molar-refractivity contribution in [1.82, 2.24) is 15.6 Å². The fourth-order valence-electron chi connectivity index (χ4n) is 3.03. The van der Waals surface area contributed by atoms with Gasteiger partial charge in [0.1, 0.15) is 5.60 Å². The normalized spacial score (nSPS) is 21.2. The molecule has 1 saturated carbocycles. The number of hydrogen-bond acceptors (Lipinski definition) is 4. The third-order valence-corrected chi connectivity index (χ3v) is 4.14. The van der Waals surface area contributed by atoms with Gasteiger partial charge in [-0.25, -0.2) is 4.79 Å². The van der Waals surface area contributed by atoms with Gasteiger partial charge in [-0.15, -0.1) is 0 Å². The number of ether oxygens (including phenoxy) is 1. The van der Waals surface area contributed by atoms with E-state index in [2.05, 4.69) is 27.8 Å². The predicted molar refractivity (Wildman–Crippen MR) is 91.3 cm³/mol. The number of rotatable bonds is 6. The van der Waals surface area contributed by atoms with Crippen LogP contribution in [-0.4, -0.2) is 35.8 Å². The first kappa shape index (κ1) is 17.7. The minimum Gasteiger partial charge on any atom is -0.444 e. The fourth-order valence-corrected chi connectivity index (χ4v) is 3.03. The van der Waals surface area contributed by atoms with Crippen molar-refractivity contribution < 1.29 is 9.53 Å². The van der Waals surface area contributed by atoms with Gasteiger partial charge in [-0.05, 0) is 70.2 Å². The molecule has 1 aliphatic rings. The summed E-state index contributed by atoms with van der Waals surface area (Å²) in [5, 5.41) is 6.55. The summed E-state index contributed by atoms with van der Waals surface area (Å²) < 4.78 is 5.30. The first-order valence-electron chi connectivity index (χ1n) is 8.53. The summed E-state index contributed by atoms with van der Waals surface area (Å²) in [6.45, 7) is 7.28. The first-order valence-corrected chi connectivity index (χ1v) is 8.53. The molecule has 2 N–H and O–H groups in total. The Morgan fingerprint density at radius 2 is 2.04 bits per heavy atom. The van der Waals surface area contributed by atoms with Gasteiger partial charge < -0.3 is 15.4 Å². The Hall–Kier alpha value is -1.62. The largest absolute Gasteiger partial charge is 0.444 e. The van der Waals surface area contributed by atoms with Crippen LogP contribution in [0.4, 0.5) is 4.79 Å². The van der Waals surface area contributed by atoms with Crippen LogP contribution in [0.15, 0.2) is 24.5 Å². The molecule has 0 bridgehead atoms. The zero-order valence-corrected chi connectivity index (χ0v) is 14.5. The number of pyridine rings is 1. The molecule has 0 saturated heterocycles. The van der Waals surface area contributed by atoms with Crippen molar-refractivity contribution in [2.45, 2.75) is 58.1 Å². The van der Waals surface area contributed by atoms with Crippen molar-refractivity contribution in [2.75, 3.05) is 13.1 Å². The number of aromatic nitrogens is 1. The van der Waals surface area contributed by atoms with Crippen molar-refractivity contribution >= 4 is 6.09 Å². The van der Waals surface area contributed by atoms with Crippen LogP contribution in [0.3, 0.4) is 0 Å². The summed E-state index contributed by atoms with van der Waals surface area (Å²) in [7, 11) is 0. The van der Waals surface area contributed by atoms with Gasteiger partial charge in [0, 0.05) is 25.0 Å². The highest BCUT2D eigenvalue weighted by Gasteiger charge is 2.27. The van der Waals surface area contributed by atoms with Crippen LogP contribution in [0.2, 0.25) is 0 Å². The Morgan fingerprint density at radius 1 is 1.30 bits per heavy atom. The molecule has 1 aromatic rings. The molecule has 1 fully saturated rings. The molecule has 2 unspecified atom stereocenters. The van der Waals surface area contributed by atoms with Gasteiger partial charge in [0.2, 0.25) is 0 Å². The van der Waals surface area contributed by atoms with Gasteiger partial charge in [0.15, 0.2) is 0 Å². The average molecular weight is 319 g/mol. The summed E-state index contributed by atoms with van der Waals surface area (Å²) in [6.07, 6.45) is 7.90. The zero-order chi connectivity index (χ0) is 16.7. The van der Waals surface area contributed by atoms with Crippen molar-refractivity contribution in [1.29, 1.82) is 0 Å². The Bertz CT molecular complexity index is 485. The lowest BCUT2D eigenvalue weighted by atomic mass is 10.0. The van der Waals surface area contributed by atoms with Crippen LogP contribution in [-0.2, 0) is 11.2 Å². The maximum absolute atomic E-state index is 11.8. The van der Waals surface area contributed by atoms with E-state index in [1.54, 1.807) is 0 Å². The highest BCUT2D eigenvalue weighted by Crippen LogP contribution is 2.25. The highest BCUT2D eigenvalue weighted by molar-refractivity contribution is 5.67. The number of amides is 1. The van der Waals surface area contributed by atoms with E-state index < -0.39 is 5.60 Å². The monoisotopic (exact) mass is 319 g/mol. The van der Waals surface area contributed by atoms with E-state index in [0.717, 1.165) is 19.4 Å². The second kappa shape index (κ2) is 8.29. The average Bonchev–Trinajstić information content (AvgIpc) is 2.92. The van der Waals surface area contributed by atoms with Gasteiger partial charge in [-0.3, -0.25) is 4.98 Å². The summed E-state index contributed by atoms with van der Waals surface area (Å²) in [5.74, 6) is 0.486. The molecular weight excluding hydrogens is 290 g/mol. The fraction of sp³-hybridized carbons (Fsp3) is 0.667. The Balaban J connectivity index is 1.69. The van der Waals surface area contributed by atoms with Crippen LogP contribution in [0, 0.1) is 5.92 Å². The van der Waals surface area contributed by atoms with E-state index in [9.17, 15) is 4.79 Å². The van der Waals surface area contributed by atoms with Crippen LogP contribution in [0.1, 0.15) is 45.6 Å². The van der Waals surface area contributed by atoms with Gasteiger partial charge in [-0.2, -0.15) is 0 Å². The van der Waals surface area contributed by atoms with Gasteiger partial charge in [0.25, 0.3) is 0 Å². The quantitative estimate of drug-likeness (QED) is 0.846. The molecule has 5 nitrogen and oxygen atoms in total. The minimum absolute atomic E-state index is 0.320. The van der Waals surface area contributed by atoms with E-state index in [0.29, 0.717) is 18.5 Å². The number of nitrogens with zero attached hydrogens (tertiary/aromatic N) is 1. The molecule has 1 heterocycles. The van der Waals surface area contributed by atoms with Gasteiger partial charge in [-0.1, -0.05) is 6.42 Å². The molecule has 0 aliphatic heterocycles. The van der Waals surface area contributed by atoms with Crippen LogP contribution >= 0.6 is 0 Å². The van der Waals surface area contributed by atoms with Crippen molar-refractivity contribution in [3.8, 4) is 0 Å². The topological polar surface area (TPSA) is 63.2 Å². The predicted octanol–water partition coefficient (Wildman–Crippen LogP) is 2.91. The summed E-state index contributed by atoms with van der Waals surface area (Å²) in [5.41, 5.74) is 0.857. The number of carbonyl (C=O) groups excluding carboxylic acids is 1. The van der Waals surface area contributed by atoms with E-state index in [4.69, 9.17) is 4.74 Å². The molecule has 1 amide bonds. The van der Waals surface area contributed by atoms with Gasteiger partial charge >= 0.3 is 6.09 Å². The van der Waals surface area contributed by atoms with E-state index >= 15 is 0 Å². The molecule has 5 heteroatoms. The van der Waals surface area contributed by atoms with E-state index in [-0.39, 0.29) is 6.09 Å². The number of nitrogens with one attached hydrogen (secondary N) is 2. The van der Waals surface area contributed by atoms with E-state index in [1.165, 1.54) is 18.4 Å². The lowest BCUT2D eigenvalue weighted by Crippen LogP contribution is -2.41. The molecular formula is C18H29N3O2. The summed E-state index contributed by atoms with van der Waals surface area (Å²) in [6, 6.07) is 4.59. The molecule has 0 aromatic carbocycles. The molecule has 23 heavy (non-hydrogen) atoms. The Labute approximate surface area is 139 Å². The van der Waals surface area contributed by atoms with Crippen molar-refractivity contribution in [2.24, 2.45) is 5.92 Å². The number of alkyl carbamates (subject to hydrolysis) is 1. The maximum Gasteiger partial charge on any atom is 0.407 e. The van der Waals surface area contributed by atoms with Crippen molar-refractivity contribution in [3.05, 3.63) is 30.1 Å². The van der Waals surface area contributed by atoms with Crippen LogP contribution in [0.25, 0.3) is 0 Å². The molecule has 2 atom stereocenters. The van der Waals surface area contributed by atoms with E-state index in [1.807, 2.05) is 33.2 Å². The second-order valence-electron chi connectivity index (χ2n) is 7.24. The third-order valence-electron chi connectivity index (χ3n) is 4.14. The molecule has 1 aromatic heterocycles. The minimum atomic E-state index is -0.443.